The molecule has 0 saturated heterocycles. The van der Waals surface area contributed by atoms with Crippen molar-refractivity contribution in [3.8, 4) is 33.1 Å². The second kappa shape index (κ2) is 15.3. The van der Waals surface area contributed by atoms with E-state index >= 15 is 0 Å². The van der Waals surface area contributed by atoms with Gasteiger partial charge in [0.1, 0.15) is 0 Å². The molecule has 3 aromatic carbocycles. The van der Waals surface area contributed by atoms with Crippen molar-refractivity contribution < 1.29 is 20.1 Å². The van der Waals surface area contributed by atoms with Crippen molar-refractivity contribution >= 4 is 21.4 Å². The van der Waals surface area contributed by atoms with E-state index in [4.69, 9.17) is 0 Å². The maximum absolute atomic E-state index is 4.32. The monoisotopic (exact) mass is 711 g/mol. The zero-order valence-corrected chi connectivity index (χ0v) is 24.7. The Morgan fingerprint density at radius 3 is 1.40 bits per heavy atom. The minimum absolute atomic E-state index is 0. The van der Waals surface area contributed by atoms with Gasteiger partial charge in [-0.05, 0) is 39.2 Å². The van der Waals surface area contributed by atoms with Crippen LogP contribution >= 0.6 is 11.3 Å². The van der Waals surface area contributed by atoms with Gasteiger partial charge in [0.05, 0.1) is 0 Å². The molecule has 40 heavy (non-hydrogen) atoms. The maximum atomic E-state index is 4.32. The van der Waals surface area contributed by atoms with E-state index in [-0.39, 0.29) is 20.1 Å². The van der Waals surface area contributed by atoms with Crippen molar-refractivity contribution in [1.82, 2.24) is 15.0 Å². The zero-order valence-electron chi connectivity index (χ0n) is 21.4. The summed E-state index contributed by atoms with van der Waals surface area (Å²) >= 11 is 1.73. The standard InChI is InChI=1S/C13H8NS.2C11H8N.Ir/c1-2-7-12-10(5-1)9-13(15-12)11-6-3-4-8-14-11;2*1-2-6-10(7-3-1)11-8-4-5-9-12-11;/h1-8H;2*1-6,8-9H;/q3*-1;+3. The fourth-order valence-corrected chi connectivity index (χ4v) is 4.66. The molecule has 0 atom stereocenters. The Morgan fingerprint density at radius 2 is 0.950 bits per heavy atom. The summed E-state index contributed by atoms with van der Waals surface area (Å²) < 4.78 is 1.26. The van der Waals surface area contributed by atoms with Crippen LogP contribution in [0.5, 0.6) is 0 Å². The number of rotatable bonds is 3. The fraction of sp³-hybridized carbons (Fsp3) is 0. The zero-order chi connectivity index (χ0) is 26.5. The Bertz CT molecular complexity index is 1490. The molecule has 3 nitrogen and oxygen atoms in total. The summed E-state index contributed by atoms with van der Waals surface area (Å²) in [7, 11) is 0. The van der Waals surface area contributed by atoms with Crippen molar-refractivity contribution in [2.75, 3.05) is 0 Å². The van der Waals surface area contributed by atoms with Gasteiger partial charge >= 0.3 is 20.1 Å². The van der Waals surface area contributed by atoms with Crippen LogP contribution in [-0.2, 0) is 20.1 Å². The summed E-state index contributed by atoms with van der Waals surface area (Å²) in [6.07, 6.45) is 5.39. The van der Waals surface area contributed by atoms with Crippen molar-refractivity contribution in [1.29, 1.82) is 0 Å². The number of hydrogen-bond acceptors (Lipinski definition) is 4. The van der Waals surface area contributed by atoms with E-state index < -0.39 is 0 Å². The summed E-state index contributed by atoms with van der Waals surface area (Å²) in [6.45, 7) is 0. The second-order valence-electron chi connectivity index (χ2n) is 8.25. The quantitative estimate of drug-likeness (QED) is 0.172. The summed E-state index contributed by atoms with van der Waals surface area (Å²) in [6, 6.07) is 51.2. The van der Waals surface area contributed by atoms with E-state index in [9.17, 15) is 0 Å². The van der Waals surface area contributed by atoms with E-state index in [1.807, 2.05) is 115 Å². The SMILES string of the molecule is [Ir+3].[c-]1c(-c2ccccn2)sc2ccccc12.[c-]1ccccc1-c1ccccn1.[c-]1ccccc1-c1ccccn1. The molecule has 4 aromatic heterocycles. The average Bonchev–Trinajstić information content (AvgIpc) is 3.49. The molecule has 0 unspecified atom stereocenters. The molecule has 0 bridgehead atoms. The van der Waals surface area contributed by atoms with Crippen LogP contribution in [0.3, 0.4) is 0 Å². The topological polar surface area (TPSA) is 38.7 Å². The van der Waals surface area contributed by atoms with Crippen molar-refractivity contribution in [3.05, 3.63) is 164 Å². The minimum atomic E-state index is 0. The largest absolute Gasteiger partial charge is 3.00 e. The van der Waals surface area contributed by atoms with E-state index in [1.54, 1.807) is 23.7 Å². The summed E-state index contributed by atoms with van der Waals surface area (Å²) in [5.41, 5.74) is 5.02. The number of thiophene rings is 1. The normalized spacial score (nSPS) is 9.80. The van der Waals surface area contributed by atoms with Gasteiger partial charge in [0, 0.05) is 24.3 Å². The summed E-state index contributed by atoms with van der Waals surface area (Å²) in [5.74, 6) is 0. The fourth-order valence-electron chi connectivity index (χ4n) is 3.68. The van der Waals surface area contributed by atoms with Crippen LogP contribution in [0.25, 0.3) is 43.2 Å². The third kappa shape index (κ3) is 8.11. The third-order valence-electron chi connectivity index (χ3n) is 5.54. The molecule has 4 heterocycles. The minimum Gasteiger partial charge on any atom is -0.305 e. The van der Waals surface area contributed by atoms with Gasteiger partial charge in [0.2, 0.25) is 0 Å². The second-order valence-corrected chi connectivity index (χ2v) is 9.30. The van der Waals surface area contributed by atoms with Gasteiger partial charge in [0.25, 0.3) is 0 Å². The van der Waals surface area contributed by atoms with E-state index in [1.165, 1.54) is 10.1 Å². The number of nitrogens with zero attached hydrogens (tertiary/aromatic N) is 3. The molecule has 0 aliphatic heterocycles. The van der Waals surface area contributed by atoms with E-state index in [2.05, 4.69) is 51.4 Å². The van der Waals surface area contributed by atoms with Gasteiger partial charge in [0.15, 0.2) is 0 Å². The Morgan fingerprint density at radius 1 is 0.475 bits per heavy atom. The van der Waals surface area contributed by atoms with Crippen LogP contribution in [0.2, 0.25) is 0 Å². The van der Waals surface area contributed by atoms with Gasteiger partial charge in [-0.15, -0.1) is 95.4 Å². The molecule has 7 rings (SSSR count). The molecule has 0 radical (unpaired) electrons. The van der Waals surface area contributed by atoms with Crippen LogP contribution in [0.4, 0.5) is 0 Å². The number of pyridine rings is 3. The first-order valence-electron chi connectivity index (χ1n) is 12.5. The first-order valence-corrected chi connectivity index (χ1v) is 13.3. The van der Waals surface area contributed by atoms with Crippen molar-refractivity contribution in [2.45, 2.75) is 0 Å². The molecule has 0 amide bonds. The molecule has 0 spiro atoms. The molecule has 0 aliphatic rings. The first kappa shape index (κ1) is 28.7. The molecule has 5 heteroatoms. The molecule has 194 valence electrons. The maximum Gasteiger partial charge on any atom is 3.00 e. The Kier molecular flexibility index (Phi) is 11.0. The number of benzene rings is 3. The van der Waals surface area contributed by atoms with E-state index in [0.717, 1.165) is 33.1 Å². The smallest absolute Gasteiger partial charge is 0.305 e. The number of aromatic nitrogens is 3. The summed E-state index contributed by atoms with van der Waals surface area (Å²) in [4.78, 5) is 13.9. The first-order chi connectivity index (χ1) is 19.4. The van der Waals surface area contributed by atoms with Crippen LogP contribution in [-0.4, -0.2) is 15.0 Å². The predicted octanol–water partition coefficient (Wildman–Crippen LogP) is 8.86. The van der Waals surface area contributed by atoms with Crippen molar-refractivity contribution in [3.63, 3.8) is 0 Å². The van der Waals surface area contributed by atoms with Crippen LogP contribution in [0.1, 0.15) is 0 Å². The third-order valence-corrected chi connectivity index (χ3v) is 6.64. The molecule has 0 fully saturated rings. The van der Waals surface area contributed by atoms with Gasteiger partial charge in [-0.3, -0.25) is 0 Å². The predicted molar refractivity (Wildman–Crippen MR) is 161 cm³/mol. The molecule has 0 aliphatic carbocycles. The van der Waals surface area contributed by atoms with Gasteiger partial charge in [-0.1, -0.05) is 48.5 Å². The molecular weight excluding hydrogens is 687 g/mol. The molecule has 7 aromatic rings. The van der Waals surface area contributed by atoms with Crippen LogP contribution < -0.4 is 0 Å². The number of hydrogen-bond donors (Lipinski definition) is 0. The summed E-state index contributed by atoms with van der Waals surface area (Å²) in [5, 5.41) is 1.17. The van der Waals surface area contributed by atoms with Crippen molar-refractivity contribution in [2.24, 2.45) is 0 Å². The molecule has 0 N–H and O–H groups in total. The van der Waals surface area contributed by atoms with Gasteiger partial charge in [-0.2, -0.15) is 0 Å². The molecular formula is C35H24IrN3S. The Balaban J connectivity index is 0.000000138. The van der Waals surface area contributed by atoms with E-state index in [0.29, 0.717) is 0 Å². The average molecular weight is 711 g/mol. The Hall–Kier alpha value is -4.28. The van der Waals surface area contributed by atoms with Gasteiger partial charge < -0.3 is 15.0 Å². The van der Waals surface area contributed by atoms with Gasteiger partial charge in [-0.25, -0.2) is 11.3 Å². The number of fused-ring (bicyclic) bond motifs is 1. The Labute approximate surface area is 252 Å². The molecule has 0 saturated carbocycles. The van der Waals surface area contributed by atoms with Crippen LogP contribution in [0.15, 0.2) is 146 Å². The van der Waals surface area contributed by atoms with Crippen LogP contribution in [0, 0.1) is 18.2 Å².